The van der Waals surface area contributed by atoms with Gasteiger partial charge in [-0.1, -0.05) is 0 Å². The number of benzene rings is 2. The highest BCUT2D eigenvalue weighted by molar-refractivity contribution is 5.88. The van der Waals surface area contributed by atoms with E-state index in [2.05, 4.69) is 0 Å². The van der Waals surface area contributed by atoms with Gasteiger partial charge in [0.15, 0.2) is 12.1 Å². The molecule has 274 valence electrons. The minimum absolute atomic E-state index is 0.122. The number of rotatable bonds is 7. The van der Waals surface area contributed by atoms with Gasteiger partial charge < -0.3 is 83.9 Å². The minimum Gasteiger partial charge on any atom is -0.508 e. The van der Waals surface area contributed by atoms with E-state index in [1.165, 1.54) is 44.2 Å². The second-order valence-electron chi connectivity index (χ2n) is 12.4. The summed E-state index contributed by atoms with van der Waals surface area (Å²) >= 11 is 0. The predicted molar refractivity (Wildman–Crippen MR) is 164 cm³/mol. The van der Waals surface area contributed by atoms with Gasteiger partial charge in [-0.2, -0.15) is 0 Å². The van der Waals surface area contributed by atoms with Crippen LogP contribution in [0.4, 0.5) is 0 Å². The van der Waals surface area contributed by atoms with Crippen LogP contribution in [0.15, 0.2) is 45.6 Å². The molecule has 0 unspecified atom stereocenters. The quantitative estimate of drug-likeness (QED) is 0.124. The van der Waals surface area contributed by atoms with Gasteiger partial charge in [0.1, 0.15) is 83.2 Å². The van der Waals surface area contributed by atoms with Crippen molar-refractivity contribution in [3.8, 4) is 34.3 Å². The molecule has 10 N–H and O–H groups in total. The Morgan fingerprint density at radius 2 is 1.32 bits per heavy atom. The summed E-state index contributed by atoms with van der Waals surface area (Å²) in [6, 6.07) is 7.56. The van der Waals surface area contributed by atoms with E-state index in [0.717, 1.165) is 6.07 Å². The van der Waals surface area contributed by atoms with E-state index in [-0.39, 0.29) is 35.0 Å². The van der Waals surface area contributed by atoms with Gasteiger partial charge in [-0.05, 0) is 38.1 Å². The van der Waals surface area contributed by atoms with Gasteiger partial charge in [0.05, 0.1) is 18.8 Å². The molecule has 3 aromatic rings. The van der Waals surface area contributed by atoms with Crippen molar-refractivity contribution in [1.29, 1.82) is 0 Å². The zero-order valence-electron chi connectivity index (χ0n) is 26.5. The smallest absolute Gasteiger partial charge is 0.239 e. The van der Waals surface area contributed by atoms with E-state index >= 15 is 0 Å². The van der Waals surface area contributed by atoms with E-state index in [9.17, 15) is 55.9 Å². The summed E-state index contributed by atoms with van der Waals surface area (Å²) in [6.07, 6.45) is -21.1. The Hall–Kier alpha value is -3.63. The van der Waals surface area contributed by atoms with Crippen molar-refractivity contribution >= 4 is 11.0 Å². The van der Waals surface area contributed by atoms with Crippen molar-refractivity contribution in [1.82, 2.24) is 0 Å². The van der Waals surface area contributed by atoms with Gasteiger partial charge in [-0.15, -0.1) is 0 Å². The maximum Gasteiger partial charge on any atom is 0.239 e. The Bertz CT molecular complexity index is 1710. The van der Waals surface area contributed by atoms with Crippen molar-refractivity contribution in [2.75, 3.05) is 6.61 Å². The minimum atomic E-state index is -1.89. The zero-order valence-corrected chi connectivity index (χ0v) is 26.5. The van der Waals surface area contributed by atoms with Crippen LogP contribution in [0.5, 0.6) is 23.0 Å². The first kappa shape index (κ1) is 36.2. The SMILES string of the molecule is C[C@@H]1O[C@@H](Oc2cc(O)c3c(=O)c(O[C@@H]4O[C@@H](C)[C@H](O[C@@H]5OC[C@@H](O)[C@H](O)[C@H]5O)[C@@H](O)[C@H]4O)c(-c4ccc(O)cc4)oc3c2)[C@H](O)[C@H](O)[C@H]1O. The number of ether oxygens (including phenoxy) is 6. The monoisotopic (exact) mass is 710 g/mol. The van der Waals surface area contributed by atoms with Gasteiger partial charge in [-0.3, -0.25) is 4.79 Å². The molecule has 1 aromatic heterocycles. The molecule has 0 radical (unpaired) electrons. The molecule has 0 aliphatic carbocycles. The summed E-state index contributed by atoms with van der Waals surface area (Å²) in [6.45, 7) is 2.50. The third-order valence-corrected chi connectivity index (χ3v) is 8.85. The topological polar surface area (TPSA) is 288 Å². The fourth-order valence-corrected chi connectivity index (χ4v) is 5.94. The fraction of sp³-hybridized carbons (Fsp3) is 0.531. The number of phenolic OH excluding ortho intramolecular Hbond substituents is 2. The van der Waals surface area contributed by atoms with Crippen LogP contribution in [0.1, 0.15) is 13.8 Å². The Morgan fingerprint density at radius 3 is 2.02 bits per heavy atom. The number of aliphatic hydroxyl groups is 8. The van der Waals surface area contributed by atoms with Gasteiger partial charge in [0.25, 0.3) is 0 Å². The average Bonchev–Trinajstić information content (AvgIpc) is 3.08. The molecule has 3 aliphatic rings. The Balaban J connectivity index is 1.31. The molecule has 6 rings (SSSR count). The average molecular weight is 711 g/mol. The summed E-state index contributed by atoms with van der Waals surface area (Å²) < 4.78 is 39.6. The van der Waals surface area contributed by atoms with Crippen molar-refractivity contribution in [2.24, 2.45) is 0 Å². The van der Waals surface area contributed by atoms with Crippen LogP contribution in [-0.2, 0) is 18.9 Å². The first-order valence-corrected chi connectivity index (χ1v) is 15.6. The van der Waals surface area contributed by atoms with E-state index in [1.807, 2.05) is 0 Å². The fourth-order valence-electron chi connectivity index (χ4n) is 5.94. The zero-order chi connectivity index (χ0) is 36.2. The summed E-state index contributed by atoms with van der Waals surface area (Å²) in [7, 11) is 0. The molecule has 0 saturated carbocycles. The maximum atomic E-state index is 14.0. The van der Waals surface area contributed by atoms with Gasteiger partial charge in [0.2, 0.25) is 23.8 Å². The van der Waals surface area contributed by atoms with E-state index in [1.54, 1.807) is 0 Å². The number of fused-ring (bicyclic) bond motifs is 1. The van der Waals surface area contributed by atoms with Crippen LogP contribution in [0.2, 0.25) is 0 Å². The Labute approximate surface area is 282 Å². The lowest BCUT2D eigenvalue weighted by Gasteiger charge is -2.44. The lowest BCUT2D eigenvalue weighted by molar-refractivity contribution is -0.334. The molecule has 18 nitrogen and oxygen atoms in total. The maximum absolute atomic E-state index is 14.0. The molecule has 50 heavy (non-hydrogen) atoms. The van der Waals surface area contributed by atoms with Gasteiger partial charge in [0, 0.05) is 17.7 Å². The molecular weight excluding hydrogens is 672 g/mol. The highest BCUT2D eigenvalue weighted by Gasteiger charge is 2.49. The van der Waals surface area contributed by atoms with E-state index in [4.69, 9.17) is 32.8 Å². The summed E-state index contributed by atoms with van der Waals surface area (Å²) in [5.74, 6) is -1.79. The Morgan fingerprint density at radius 1 is 0.700 bits per heavy atom. The molecule has 0 spiro atoms. The molecule has 14 atom stereocenters. The molecular formula is C32H38O18. The molecule has 0 bridgehead atoms. The second-order valence-corrected chi connectivity index (χ2v) is 12.4. The normalized spacial score (nSPS) is 37.8. The highest BCUT2D eigenvalue weighted by atomic mass is 16.7. The summed E-state index contributed by atoms with van der Waals surface area (Å²) in [4.78, 5) is 14.0. The van der Waals surface area contributed by atoms with Crippen LogP contribution in [-0.4, -0.2) is 144 Å². The third kappa shape index (κ3) is 6.73. The van der Waals surface area contributed by atoms with Crippen LogP contribution in [0.3, 0.4) is 0 Å². The first-order valence-electron chi connectivity index (χ1n) is 15.6. The molecule has 0 amide bonds. The van der Waals surface area contributed by atoms with Crippen LogP contribution in [0.25, 0.3) is 22.3 Å². The third-order valence-electron chi connectivity index (χ3n) is 8.85. The molecule has 2 aromatic carbocycles. The molecule has 18 heteroatoms. The molecule has 3 saturated heterocycles. The van der Waals surface area contributed by atoms with Crippen LogP contribution in [0, 0.1) is 0 Å². The molecule has 3 aliphatic heterocycles. The van der Waals surface area contributed by atoms with Crippen LogP contribution >= 0.6 is 0 Å². The van der Waals surface area contributed by atoms with Crippen molar-refractivity contribution in [2.45, 2.75) is 99.9 Å². The number of aliphatic hydroxyl groups excluding tert-OH is 8. The number of hydrogen-bond acceptors (Lipinski definition) is 18. The standard InChI is InChI=1S/C32H38O18/c1-10-19(36)22(39)25(42)31(45-10)47-14-7-15(34)18-17(8-14)48-28(12-3-5-13(33)6-4-12)29(21(18)38)50-32-26(43)23(40)27(11(2)46-32)49-30-24(41)20(37)16(35)9-44-30/h3-8,10-11,16,19-20,22-27,30-37,39-43H,9H2,1-2H3/t10-,11-,16+,19-,20-,22+,23-,24+,25+,26+,27-,30-,31-,32-/m0/s1. The van der Waals surface area contributed by atoms with E-state index in [0.29, 0.717) is 0 Å². The molecule has 3 fully saturated rings. The van der Waals surface area contributed by atoms with E-state index < -0.39 is 108 Å². The largest absolute Gasteiger partial charge is 0.508 e. The number of aromatic hydroxyl groups is 2. The van der Waals surface area contributed by atoms with Crippen molar-refractivity contribution < 1.29 is 83.9 Å². The van der Waals surface area contributed by atoms with Crippen LogP contribution < -0.4 is 14.9 Å². The number of phenols is 2. The Kier molecular flexibility index (Phi) is 10.3. The lowest BCUT2D eigenvalue weighted by atomic mass is 9.99. The second kappa shape index (κ2) is 14.2. The van der Waals surface area contributed by atoms with Crippen molar-refractivity contribution in [3.05, 3.63) is 46.6 Å². The highest BCUT2D eigenvalue weighted by Crippen LogP contribution is 2.39. The number of hydrogen-bond donors (Lipinski definition) is 10. The lowest BCUT2D eigenvalue weighted by Crippen LogP contribution is -2.62. The summed E-state index contributed by atoms with van der Waals surface area (Å²) in [5.41, 5.74) is -1.02. The van der Waals surface area contributed by atoms with Crippen molar-refractivity contribution in [3.63, 3.8) is 0 Å². The van der Waals surface area contributed by atoms with Gasteiger partial charge in [-0.25, -0.2) is 0 Å². The summed E-state index contributed by atoms with van der Waals surface area (Å²) in [5, 5.41) is 103. The molecule has 4 heterocycles. The van der Waals surface area contributed by atoms with Gasteiger partial charge >= 0.3 is 0 Å². The first-order chi connectivity index (χ1) is 23.7. The predicted octanol–water partition coefficient (Wildman–Crippen LogP) is -2.25.